The standard InChI is InChI=1S/C10H18N2OS/c1-9-8-14-10(12-9)7-11-5-3-4-6-13-2/h8,11H,3-7H2,1-2H3. The first-order valence-corrected chi connectivity index (χ1v) is 5.81. The molecular weight excluding hydrogens is 196 g/mol. The number of aryl methyl sites for hydroxylation is 1. The van der Waals surface area contributed by atoms with Crippen LogP contribution in [0, 0.1) is 6.92 Å². The Labute approximate surface area is 89.5 Å². The summed E-state index contributed by atoms with van der Waals surface area (Å²) in [5.74, 6) is 0. The summed E-state index contributed by atoms with van der Waals surface area (Å²) in [6.45, 7) is 4.82. The van der Waals surface area contributed by atoms with Gasteiger partial charge in [-0.25, -0.2) is 4.98 Å². The molecule has 80 valence electrons. The van der Waals surface area contributed by atoms with E-state index < -0.39 is 0 Å². The third kappa shape index (κ3) is 4.69. The van der Waals surface area contributed by atoms with Gasteiger partial charge in [0.1, 0.15) is 5.01 Å². The van der Waals surface area contributed by atoms with Crippen LogP contribution in [-0.2, 0) is 11.3 Å². The van der Waals surface area contributed by atoms with Crippen LogP contribution in [0.5, 0.6) is 0 Å². The Hall–Kier alpha value is -0.450. The molecule has 1 heterocycles. The first kappa shape index (κ1) is 11.6. The van der Waals surface area contributed by atoms with Crippen molar-refractivity contribution >= 4 is 11.3 Å². The second-order valence-electron chi connectivity index (χ2n) is 3.26. The van der Waals surface area contributed by atoms with E-state index in [1.807, 2.05) is 6.92 Å². The Balaban J connectivity index is 1.99. The summed E-state index contributed by atoms with van der Waals surface area (Å²) in [6.07, 6.45) is 2.29. The molecule has 0 unspecified atom stereocenters. The quantitative estimate of drug-likeness (QED) is 0.705. The highest BCUT2D eigenvalue weighted by Gasteiger charge is 1.96. The summed E-state index contributed by atoms with van der Waals surface area (Å²) in [5.41, 5.74) is 1.12. The molecular formula is C10H18N2OS. The first-order chi connectivity index (χ1) is 6.83. The second kappa shape index (κ2) is 6.92. The molecule has 1 aromatic heterocycles. The van der Waals surface area contributed by atoms with Gasteiger partial charge in [0.2, 0.25) is 0 Å². The Morgan fingerprint density at radius 1 is 1.50 bits per heavy atom. The smallest absolute Gasteiger partial charge is 0.107 e. The van der Waals surface area contributed by atoms with Gasteiger partial charge in [0.05, 0.1) is 0 Å². The van der Waals surface area contributed by atoms with E-state index in [0.717, 1.165) is 38.2 Å². The van der Waals surface area contributed by atoms with Crippen molar-refractivity contribution < 1.29 is 4.74 Å². The molecule has 0 aliphatic heterocycles. The van der Waals surface area contributed by atoms with Crippen LogP contribution in [0.2, 0.25) is 0 Å². The van der Waals surface area contributed by atoms with Crippen LogP contribution >= 0.6 is 11.3 Å². The molecule has 0 spiro atoms. The van der Waals surface area contributed by atoms with Gasteiger partial charge in [-0.15, -0.1) is 11.3 Å². The van der Waals surface area contributed by atoms with Crippen LogP contribution in [0.15, 0.2) is 5.38 Å². The summed E-state index contributed by atoms with van der Waals surface area (Å²) in [4.78, 5) is 4.38. The fourth-order valence-electron chi connectivity index (χ4n) is 1.18. The van der Waals surface area contributed by atoms with Gasteiger partial charge in [0.25, 0.3) is 0 Å². The number of unbranched alkanes of at least 4 members (excludes halogenated alkanes) is 1. The van der Waals surface area contributed by atoms with E-state index in [0.29, 0.717) is 0 Å². The number of rotatable bonds is 7. The predicted molar refractivity (Wildman–Crippen MR) is 59.7 cm³/mol. The lowest BCUT2D eigenvalue weighted by Gasteiger charge is -2.01. The van der Waals surface area contributed by atoms with E-state index in [2.05, 4.69) is 15.7 Å². The maximum absolute atomic E-state index is 4.97. The highest BCUT2D eigenvalue weighted by atomic mass is 32.1. The van der Waals surface area contributed by atoms with Gasteiger partial charge in [-0.2, -0.15) is 0 Å². The Kier molecular flexibility index (Phi) is 5.75. The number of aromatic nitrogens is 1. The molecule has 3 nitrogen and oxygen atoms in total. The van der Waals surface area contributed by atoms with Crippen molar-refractivity contribution in [2.45, 2.75) is 26.3 Å². The van der Waals surface area contributed by atoms with Gasteiger partial charge < -0.3 is 10.1 Å². The van der Waals surface area contributed by atoms with E-state index in [1.54, 1.807) is 18.4 Å². The van der Waals surface area contributed by atoms with Crippen LogP contribution in [-0.4, -0.2) is 25.2 Å². The van der Waals surface area contributed by atoms with E-state index in [-0.39, 0.29) is 0 Å². The van der Waals surface area contributed by atoms with Gasteiger partial charge in [-0.05, 0) is 26.3 Å². The molecule has 0 radical (unpaired) electrons. The molecule has 0 fully saturated rings. The van der Waals surface area contributed by atoms with Crippen molar-refractivity contribution in [1.29, 1.82) is 0 Å². The Morgan fingerprint density at radius 2 is 2.36 bits per heavy atom. The summed E-state index contributed by atoms with van der Waals surface area (Å²) < 4.78 is 4.97. The Bertz CT molecular complexity index is 250. The van der Waals surface area contributed by atoms with Crippen LogP contribution in [0.25, 0.3) is 0 Å². The van der Waals surface area contributed by atoms with Gasteiger partial charge in [0.15, 0.2) is 0 Å². The predicted octanol–water partition coefficient (Wildman–Crippen LogP) is 1.97. The van der Waals surface area contributed by atoms with Crippen molar-refractivity contribution in [2.24, 2.45) is 0 Å². The maximum atomic E-state index is 4.97. The minimum atomic E-state index is 0.859. The minimum Gasteiger partial charge on any atom is -0.385 e. The second-order valence-corrected chi connectivity index (χ2v) is 4.20. The molecule has 1 N–H and O–H groups in total. The number of methoxy groups -OCH3 is 1. The molecule has 1 rings (SSSR count). The van der Waals surface area contributed by atoms with Crippen molar-refractivity contribution in [3.63, 3.8) is 0 Å². The zero-order chi connectivity index (χ0) is 10.2. The third-order valence-corrected chi connectivity index (χ3v) is 2.86. The van der Waals surface area contributed by atoms with Gasteiger partial charge in [0, 0.05) is 31.3 Å². The maximum Gasteiger partial charge on any atom is 0.107 e. The molecule has 14 heavy (non-hydrogen) atoms. The molecule has 0 amide bonds. The Morgan fingerprint density at radius 3 is 3.00 bits per heavy atom. The molecule has 0 saturated carbocycles. The lowest BCUT2D eigenvalue weighted by Crippen LogP contribution is -2.14. The SMILES string of the molecule is COCCCCNCc1nc(C)cs1. The number of nitrogens with zero attached hydrogens (tertiary/aromatic N) is 1. The summed E-state index contributed by atoms with van der Waals surface area (Å²) >= 11 is 1.72. The summed E-state index contributed by atoms with van der Waals surface area (Å²) in [6, 6.07) is 0. The van der Waals surface area contributed by atoms with Crippen molar-refractivity contribution in [1.82, 2.24) is 10.3 Å². The molecule has 1 aromatic rings. The van der Waals surface area contributed by atoms with Crippen molar-refractivity contribution in [2.75, 3.05) is 20.3 Å². The molecule has 0 aromatic carbocycles. The zero-order valence-electron chi connectivity index (χ0n) is 8.88. The van der Waals surface area contributed by atoms with Gasteiger partial charge >= 0.3 is 0 Å². The number of nitrogens with one attached hydrogen (secondary N) is 1. The third-order valence-electron chi connectivity index (χ3n) is 1.89. The average Bonchev–Trinajstić information content (AvgIpc) is 2.58. The normalized spacial score (nSPS) is 10.7. The first-order valence-electron chi connectivity index (χ1n) is 4.93. The zero-order valence-corrected chi connectivity index (χ0v) is 9.69. The fourth-order valence-corrected chi connectivity index (χ4v) is 1.92. The monoisotopic (exact) mass is 214 g/mol. The number of hydrogen-bond donors (Lipinski definition) is 1. The van der Waals surface area contributed by atoms with Crippen LogP contribution < -0.4 is 5.32 Å². The van der Waals surface area contributed by atoms with Crippen LogP contribution in [0.1, 0.15) is 23.5 Å². The van der Waals surface area contributed by atoms with Gasteiger partial charge in [-0.1, -0.05) is 0 Å². The lowest BCUT2D eigenvalue weighted by molar-refractivity contribution is 0.192. The van der Waals surface area contributed by atoms with Crippen molar-refractivity contribution in [3.8, 4) is 0 Å². The molecule has 4 heteroatoms. The topological polar surface area (TPSA) is 34.1 Å². The largest absolute Gasteiger partial charge is 0.385 e. The highest BCUT2D eigenvalue weighted by molar-refractivity contribution is 7.09. The molecule has 0 saturated heterocycles. The van der Waals surface area contributed by atoms with E-state index in [4.69, 9.17) is 4.74 Å². The van der Waals surface area contributed by atoms with E-state index >= 15 is 0 Å². The molecule has 0 aliphatic rings. The summed E-state index contributed by atoms with van der Waals surface area (Å²) in [5, 5.41) is 6.63. The highest BCUT2D eigenvalue weighted by Crippen LogP contribution is 2.07. The molecule has 0 aliphatic carbocycles. The minimum absolute atomic E-state index is 0.859. The number of hydrogen-bond acceptors (Lipinski definition) is 4. The number of ether oxygens (including phenoxy) is 1. The average molecular weight is 214 g/mol. The number of thiazole rings is 1. The van der Waals surface area contributed by atoms with Crippen LogP contribution in [0.4, 0.5) is 0 Å². The molecule has 0 bridgehead atoms. The van der Waals surface area contributed by atoms with Gasteiger partial charge in [-0.3, -0.25) is 0 Å². The van der Waals surface area contributed by atoms with Crippen LogP contribution in [0.3, 0.4) is 0 Å². The summed E-state index contributed by atoms with van der Waals surface area (Å²) in [7, 11) is 1.74. The van der Waals surface area contributed by atoms with E-state index in [1.165, 1.54) is 5.01 Å². The van der Waals surface area contributed by atoms with E-state index in [9.17, 15) is 0 Å². The molecule has 0 atom stereocenters. The fraction of sp³-hybridized carbons (Fsp3) is 0.700. The lowest BCUT2D eigenvalue weighted by atomic mass is 10.3. The van der Waals surface area contributed by atoms with Crippen molar-refractivity contribution in [3.05, 3.63) is 16.1 Å².